The standard InChI is InChI=1S/C18H14N4/c19-18-17(20-21-22(18)16-8-2-1-3-9-16)15-11-10-13-6-4-5-7-14(13)12-15/h1-12H,19H2. The highest BCUT2D eigenvalue weighted by molar-refractivity contribution is 5.88. The number of nitrogens with zero attached hydrogens (tertiary/aromatic N) is 3. The lowest BCUT2D eigenvalue weighted by Gasteiger charge is -2.04. The number of para-hydroxylation sites is 1. The van der Waals surface area contributed by atoms with Gasteiger partial charge < -0.3 is 5.73 Å². The number of rotatable bonds is 2. The second-order valence-electron chi connectivity index (χ2n) is 5.13. The Morgan fingerprint density at radius 1 is 0.773 bits per heavy atom. The first-order valence-corrected chi connectivity index (χ1v) is 7.09. The number of anilines is 1. The molecule has 0 aliphatic carbocycles. The third-order valence-corrected chi connectivity index (χ3v) is 3.73. The van der Waals surface area contributed by atoms with Gasteiger partial charge in [0, 0.05) is 5.56 Å². The van der Waals surface area contributed by atoms with Gasteiger partial charge in [-0.05, 0) is 29.0 Å². The Labute approximate surface area is 127 Å². The molecule has 4 heteroatoms. The van der Waals surface area contributed by atoms with Gasteiger partial charge in [0.15, 0.2) is 5.82 Å². The Bertz CT molecular complexity index is 942. The number of benzene rings is 3. The molecule has 0 atom stereocenters. The van der Waals surface area contributed by atoms with Crippen LogP contribution >= 0.6 is 0 Å². The van der Waals surface area contributed by atoms with Gasteiger partial charge in [-0.2, -0.15) is 4.68 Å². The molecule has 0 unspecified atom stereocenters. The molecule has 22 heavy (non-hydrogen) atoms. The summed E-state index contributed by atoms with van der Waals surface area (Å²) in [6.45, 7) is 0. The molecule has 0 amide bonds. The summed E-state index contributed by atoms with van der Waals surface area (Å²) in [5.74, 6) is 0.543. The zero-order chi connectivity index (χ0) is 14.9. The molecule has 2 N–H and O–H groups in total. The maximum absolute atomic E-state index is 6.25. The van der Waals surface area contributed by atoms with Crippen molar-refractivity contribution in [1.29, 1.82) is 0 Å². The monoisotopic (exact) mass is 286 g/mol. The van der Waals surface area contributed by atoms with E-state index >= 15 is 0 Å². The van der Waals surface area contributed by atoms with Crippen molar-refractivity contribution in [2.45, 2.75) is 0 Å². The zero-order valence-corrected chi connectivity index (χ0v) is 11.8. The zero-order valence-electron chi connectivity index (χ0n) is 11.8. The summed E-state index contributed by atoms with van der Waals surface area (Å²) in [5.41, 5.74) is 8.83. The van der Waals surface area contributed by atoms with Gasteiger partial charge >= 0.3 is 0 Å². The van der Waals surface area contributed by atoms with E-state index in [1.165, 1.54) is 5.39 Å². The van der Waals surface area contributed by atoms with Crippen LogP contribution in [-0.2, 0) is 0 Å². The van der Waals surface area contributed by atoms with Crippen molar-refractivity contribution in [2.75, 3.05) is 5.73 Å². The molecule has 0 radical (unpaired) electrons. The van der Waals surface area contributed by atoms with E-state index in [0.717, 1.165) is 16.6 Å². The van der Waals surface area contributed by atoms with Crippen LogP contribution < -0.4 is 5.73 Å². The van der Waals surface area contributed by atoms with Gasteiger partial charge in [-0.15, -0.1) is 5.10 Å². The second kappa shape index (κ2) is 5.00. The summed E-state index contributed by atoms with van der Waals surface area (Å²) in [4.78, 5) is 0. The molecule has 0 aliphatic heterocycles. The molecule has 0 spiro atoms. The summed E-state index contributed by atoms with van der Waals surface area (Å²) >= 11 is 0. The fraction of sp³-hybridized carbons (Fsp3) is 0. The van der Waals surface area contributed by atoms with E-state index in [1.54, 1.807) is 4.68 Å². The maximum Gasteiger partial charge on any atom is 0.155 e. The van der Waals surface area contributed by atoms with E-state index in [1.807, 2.05) is 48.5 Å². The summed E-state index contributed by atoms with van der Waals surface area (Å²) in [5, 5.41) is 10.8. The van der Waals surface area contributed by atoms with Gasteiger partial charge in [-0.1, -0.05) is 59.8 Å². The highest BCUT2D eigenvalue weighted by atomic mass is 15.5. The molecule has 4 rings (SSSR count). The van der Waals surface area contributed by atoms with Crippen LogP contribution in [0.2, 0.25) is 0 Å². The fourth-order valence-corrected chi connectivity index (χ4v) is 2.59. The Kier molecular flexibility index (Phi) is 2.86. The highest BCUT2D eigenvalue weighted by Crippen LogP contribution is 2.28. The van der Waals surface area contributed by atoms with Crippen molar-refractivity contribution < 1.29 is 0 Å². The average Bonchev–Trinajstić information content (AvgIpc) is 2.97. The Balaban J connectivity index is 1.84. The molecular formula is C18H14N4. The third kappa shape index (κ3) is 2.02. The number of hydrogen-bond donors (Lipinski definition) is 1. The van der Waals surface area contributed by atoms with Crippen molar-refractivity contribution in [2.24, 2.45) is 0 Å². The molecule has 0 aliphatic rings. The van der Waals surface area contributed by atoms with E-state index in [-0.39, 0.29) is 0 Å². The normalized spacial score (nSPS) is 10.9. The first-order valence-electron chi connectivity index (χ1n) is 7.09. The topological polar surface area (TPSA) is 56.7 Å². The van der Waals surface area contributed by atoms with E-state index in [4.69, 9.17) is 5.73 Å². The molecule has 3 aromatic carbocycles. The molecule has 1 aromatic heterocycles. The SMILES string of the molecule is Nc1c(-c2ccc3ccccc3c2)nnn1-c1ccccc1. The number of nitrogens with two attached hydrogens (primary N) is 1. The minimum atomic E-state index is 0.543. The van der Waals surface area contributed by atoms with Crippen LogP contribution in [0.25, 0.3) is 27.7 Å². The van der Waals surface area contributed by atoms with Gasteiger partial charge in [-0.3, -0.25) is 0 Å². The van der Waals surface area contributed by atoms with Crippen LogP contribution in [0.5, 0.6) is 0 Å². The highest BCUT2D eigenvalue weighted by Gasteiger charge is 2.13. The van der Waals surface area contributed by atoms with Crippen LogP contribution in [0, 0.1) is 0 Å². The van der Waals surface area contributed by atoms with E-state index in [2.05, 4.69) is 34.6 Å². The van der Waals surface area contributed by atoms with E-state index in [9.17, 15) is 0 Å². The predicted octanol–water partition coefficient (Wildman–Crippen LogP) is 3.67. The van der Waals surface area contributed by atoms with Crippen molar-refractivity contribution in [1.82, 2.24) is 15.0 Å². The molecule has 4 aromatic rings. The van der Waals surface area contributed by atoms with E-state index in [0.29, 0.717) is 11.5 Å². The summed E-state index contributed by atoms with van der Waals surface area (Å²) in [6.07, 6.45) is 0. The summed E-state index contributed by atoms with van der Waals surface area (Å²) in [6, 6.07) is 24.2. The molecule has 1 heterocycles. The molecular weight excluding hydrogens is 272 g/mol. The van der Waals surface area contributed by atoms with Crippen LogP contribution in [0.1, 0.15) is 0 Å². The van der Waals surface area contributed by atoms with Crippen LogP contribution in [0.4, 0.5) is 5.82 Å². The lowest BCUT2D eigenvalue weighted by atomic mass is 10.1. The number of nitrogen functional groups attached to an aromatic ring is 1. The minimum Gasteiger partial charge on any atom is -0.382 e. The van der Waals surface area contributed by atoms with Crippen molar-refractivity contribution in [3.05, 3.63) is 72.8 Å². The van der Waals surface area contributed by atoms with Crippen LogP contribution in [-0.4, -0.2) is 15.0 Å². The van der Waals surface area contributed by atoms with Crippen LogP contribution in [0.15, 0.2) is 72.8 Å². The third-order valence-electron chi connectivity index (χ3n) is 3.73. The van der Waals surface area contributed by atoms with Gasteiger partial charge in [-0.25, -0.2) is 0 Å². The van der Waals surface area contributed by atoms with Crippen LogP contribution in [0.3, 0.4) is 0 Å². The smallest absolute Gasteiger partial charge is 0.155 e. The maximum atomic E-state index is 6.25. The Morgan fingerprint density at radius 3 is 2.32 bits per heavy atom. The first kappa shape index (κ1) is 12.6. The average molecular weight is 286 g/mol. The Morgan fingerprint density at radius 2 is 1.50 bits per heavy atom. The predicted molar refractivity (Wildman–Crippen MR) is 88.7 cm³/mol. The molecule has 0 bridgehead atoms. The van der Waals surface area contributed by atoms with Gasteiger partial charge in [0.05, 0.1) is 5.69 Å². The lowest BCUT2D eigenvalue weighted by Crippen LogP contribution is -2.01. The summed E-state index contributed by atoms with van der Waals surface area (Å²) < 4.78 is 1.66. The molecule has 0 saturated carbocycles. The largest absolute Gasteiger partial charge is 0.382 e. The molecule has 0 fully saturated rings. The molecule has 0 saturated heterocycles. The molecule has 106 valence electrons. The van der Waals surface area contributed by atoms with Gasteiger partial charge in [0.1, 0.15) is 5.69 Å². The lowest BCUT2D eigenvalue weighted by molar-refractivity contribution is 0.810. The van der Waals surface area contributed by atoms with Gasteiger partial charge in [0.25, 0.3) is 0 Å². The minimum absolute atomic E-state index is 0.543. The van der Waals surface area contributed by atoms with Crippen molar-refractivity contribution in [3.63, 3.8) is 0 Å². The molecule has 4 nitrogen and oxygen atoms in total. The van der Waals surface area contributed by atoms with Gasteiger partial charge in [0.2, 0.25) is 0 Å². The quantitative estimate of drug-likeness (QED) is 0.611. The number of hydrogen-bond acceptors (Lipinski definition) is 3. The van der Waals surface area contributed by atoms with E-state index < -0.39 is 0 Å². The van der Waals surface area contributed by atoms with Crippen molar-refractivity contribution >= 4 is 16.6 Å². The second-order valence-corrected chi connectivity index (χ2v) is 5.13. The summed E-state index contributed by atoms with van der Waals surface area (Å²) in [7, 11) is 0. The first-order chi connectivity index (χ1) is 10.8. The number of fused-ring (bicyclic) bond motifs is 1. The Hall–Kier alpha value is -3.14. The fourth-order valence-electron chi connectivity index (χ4n) is 2.59. The number of aromatic nitrogens is 3. The van der Waals surface area contributed by atoms with Crippen molar-refractivity contribution in [3.8, 4) is 16.9 Å².